The summed E-state index contributed by atoms with van der Waals surface area (Å²) in [5, 5.41) is 0. The quantitative estimate of drug-likeness (QED) is 0.0698. The van der Waals surface area contributed by atoms with Crippen LogP contribution in [0.4, 0.5) is 0 Å². The van der Waals surface area contributed by atoms with Crippen molar-refractivity contribution in [3.05, 3.63) is 55.2 Å². The van der Waals surface area contributed by atoms with Gasteiger partial charge in [0, 0.05) is 18.9 Å². The van der Waals surface area contributed by atoms with Gasteiger partial charge in [-0.25, -0.2) is 4.98 Å². The Labute approximate surface area is 250 Å². The van der Waals surface area contributed by atoms with Crippen molar-refractivity contribution < 1.29 is 4.74 Å². The lowest BCUT2D eigenvalue weighted by Gasteiger charge is -2.18. The van der Waals surface area contributed by atoms with Gasteiger partial charge in [-0.15, -0.1) is 0 Å². The zero-order valence-corrected chi connectivity index (χ0v) is 26.8. The first-order valence-electron chi connectivity index (χ1n) is 17.4. The van der Waals surface area contributed by atoms with Crippen LogP contribution >= 0.6 is 0 Å². The lowest BCUT2D eigenvalue weighted by atomic mass is 10.0. The third-order valence-electron chi connectivity index (χ3n) is 7.76. The molecule has 1 aromatic heterocycles. The highest BCUT2D eigenvalue weighted by molar-refractivity contribution is 4.92. The molecule has 0 aromatic carbocycles. The normalized spacial score (nSPS) is 12.9. The van der Waals surface area contributed by atoms with Gasteiger partial charge in [-0.05, 0) is 64.2 Å². The second-order valence-corrected chi connectivity index (χ2v) is 11.6. The molecule has 1 heterocycles. The predicted molar refractivity (Wildman–Crippen MR) is 177 cm³/mol. The van der Waals surface area contributed by atoms with Crippen molar-refractivity contribution in [2.45, 2.75) is 174 Å². The minimum atomic E-state index is 0.429. The number of nitrogens with zero attached hydrogens (tertiary/aromatic N) is 2. The second-order valence-electron chi connectivity index (χ2n) is 11.6. The summed E-state index contributed by atoms with van der Waals surface area (Å²) in [6.45, 7) is 6.22. The summed E-state index contributed by atoms with van der Waals surface area (Å²) >= 11 is 0. The van der Waals surface area contributed by atoms with Crippen molar-refractivity contribution in [3.63, 3.8) is 0 Å². The molecule has 1 unspecified atom stereocenters. The maximum absolute atomic E-state index is 6.36. The summed E-state index contributed by atoms with van der Waals surface area (Å²) in [6, 6.07) is 0. The maximum atomic E-state index is 6.36. The molecule has 0 N–H and O–H groups in total. The van der Waals surface area contributed by atoms with Gasteiger partial charge >= 0.3 is 0 Å². The van der Waals surface area contributed by atoms with E-state index in [0.717, 1.165) is 19.6 Å². The Morgan fingerprint density at radius 1 is 0.600 bits per heavy atom. The van der Waals surface area contributed by atoms with Crippen LogP contribution in [-0.4, -0.2) is 22.3 Å². The van der Waals surface area contributed by atoms with Crippen LogP contribution in [0.15, 0.2) is 55.2 Å². The molecule has 40 heavy (non-hydrogen) atoms. The van der Waals surface area contributed by atoms with Crippen molar-refractivity contribution >= 4 is 0 Å². The minimum Gasteiger partial charge on any atom is -0.376 e. The molecule has 0 saturated heterocycles. The Bertz CT molecular complexity index is 691. The molecule has 0 bridgehead atoms. The molecule has 0 aliphatic carbocycles. The summed E-state index contributed by atoms with van der Waals surface area (Å²) < 4.78 is 8.48. The molecule has 0 amide bonds. The van der Waals surface area contributed by atoms with Crippen LogP contribution in [0.3, 0.4) is 0 Å². The number of hydrogen-bond donors (Lipinski definition) is 0. The first-order chi connectivity index (χ1) is 19.9. The van der Waals surface area contributed by atoms with Crippen LogP contribution in [0.1, 0.15) is 162 Å². The van der Waals surface area contributed by atoms with Gasteiger partial charge in [0.1, 0.15) is 0 Å². The number of aromatic nitrogens is 2. The molecule has 0 radical (unpaired) electrons. The van der Waals surface area contributed by atoms with E-state index in [0.29, 0.717) is 6.10 Å². The molecule has 0 spiro atoms. The lowest BCUT2D eigenvalue weighted by Crippen LogP contribution is -2.16. The van der Waals surface area contributed by atoms with Crippen molar-refractivity contribution in [2.75, 3.05) is 6.61 Å². The van der Waals surface area contributed by atoms with Gasteiger partial charge < -0.3 is 9.30 Å². The van der Waals surface area contributed by atoms with E-state index < -0.39 is 0 Å². The smallest absolute Gasteiger partial charge is 0.0946 e. The van der Waals surface area contributed by atoms with Crippen LogP contribution in [-0.2, 0) is 11.3 Å². The van der Waals surface area contributed by atoms with Gasteiger partial charge in [-0.3, -0.25) is 0 Å². The van der Waals surface area contributed by atoms with E-state index in [1.54, 1.807) is 0 Å². The van der Waals surface area contributed by atoms with Gasteiger partial charge in [-0.1, -0.05) is 134 Å². The molecule has 0 aliphatic rings. The fourth-order valence-corrected chi connectivity index (χ4v) is 5.16. The molecule has 3 heteroatoms. The fourth-order valence-electron chi connectivity index (χ4n) is 5.16. The Morgan fingerprint density at radius 3 is 1.68 bits per heavy atom. The topological polar surface area (TPSA) is 27.1 Å². The van der Waals surface area contributed by atoms with E-state index in [-0.39, 0.29) is 0 Å². The molecule has 0 saturated carbocycles. The molecule has 1 atom stereocenters. The number of imidazole rings is 1. The second kappa shape index (κ2) is 30.4. The standard InChI is InChI=1S/C37H66N2O/c1-3-5-7-9-11-13-15-16-17-18-19-21-23-25-27-29-31-37(40-35-34-39-33-32-38-36-39)30-28-26-24-22-20-14-12-10-8-6-4-2/h8,10-11,13,16-17,32-33,36-37H,3-7,9,12,14-15,18-31,34-35H2,1-2H3/b10-8-,13-11-,17-16-. The summed E-state index contributed by atoms with van der Waals surface area (Å²) in [5.74, 6) is 0. The van der Waals surface area contributed by atoms with Crippen LogP contribution in [0.5, 0.6) is 0 Å². The highest BCUT2D eigenvalue weighted by Gasteiger charge is 2.09. The van der Waals surface area contributed by atoms with E-state index in [4.69, 9.17) is 4.74 Å². The third-order valence-corrected chi connectivity index (χ3v) is 7.76. The van der Waals surface area contributed by atoms with E-state index in [9.17, 15) is 0 Å². The van der Waals surface area contributed by atoms with E-state index in [2.05, 4.69) is 59.9 Å². The number of rotatable bonds is 30. The summed E-state index contributed by atoms with van der Waals surface area (Å²) in [4.78, 5) is 4.15. The van der Waals surface area contributed by atoms with Crippen LogP contribution in [0.25, 0.3) is 0 Å². The van der Waals surface area contributed by atoms with E-state index in [1.807, 2.05) is 18.7 Å². The molecule has 230 valence electrons. The summed E-state index contributed by atoms with van der Waals surface area (Å²) in [6.07, 6.45) is 50.5. The molecule has 0 aliphatic heterocycles. The van der Waals surface area contributed by atoms with Crippen molar-refractivity contribution in [1.82, 2.24) is 9.55 Å². The Balaban J connectivity index is 2.07. The van der Waals surface area contributed by atoms with Crippen molar-refractivity contribution in [2.24, 2.45) is 0 Å². The predicted octanol–water partition coefficient (Wildman–Crippen LogP) is 11.9. The zero-order chi connectivity index (χ0) is 28.6. The average Bonchev–Trinajstić information content (AvgIpc) is 3.49. The monoisotopic (exact) mass is 555 g/mol. The van der Waals surface area contributed by atoms with Crippen LogP contribution < -0.4 is 0 Å². The average molecular weight is 555 g/mol. The number of ether oxygens (including phenoxy) is 1. The fraction of sp³-hybridized carbons (Fsp3) is 0.757. The summed E-state index contributed by atoms with van der Waals surface area (Å²) in [5.41, 5.74) is 0. The Morgan fingerprint density at radius 2 is 1.12 bits per heavy atom. The molecule has 1 aromatic rings. The molecule has 3 nitrogen and oxygen atoms in total. The highest BCUT2D eigenvalue weighted by atomic mass is 16.5. The largest absolute Gasteiger partial charge is 0.376 e. The minimum absolute atomic E-state index is 0.429. The van der Waals surface area contributed by atoms with Crippen LogP contribution in [0.2, 0.25) is 0 Å². The van der Waals surface area contributed by atoms with Gasteiger partial charge in [0.05, 0.1) is 19.0 Å². The number of unbranched alkanes of at least 4 members (excludes halogenated alkanes) is 16. The SMILES string of the molecule is CCC/C=C\CCCCCCCCC(CCCCCCCC/C=C\C/C=C\CCCCC)OCCn1ccnc1. The first-order valence-corrected chi connectivity index (χ1v) is 17.4. The maximum Gasteiger partial charge on any atom is 0.0946 e. The zero-order valence-electron chi connectivity index (χ0n) is 26.8. The number of allylic oxidation sites excluding steroid dienone is 6. The Kier molecular flexibility index (Phi) is 27.6. The summed E-state index contributed by atoms with van der Waals surface area (Å²) in [7, 11) is 0. The first kappa shape index (κ1) is 36.4. The highest BCUT2D eigenvalue weighted by Crippen LogP contribution is 2.17. The van der Waals surface area contributed by atoms with Crippen molar-refractivity contribution in [1.29, 1.82) is 0 Å². The molecular weight excluding hydrogens is 488 g/mol. The van der Waals surface area contributed by atoms with Crippen LogP contribution in [0, 0.1) is 0 Å². The van der Waals surface area contributed by atoms with E-state index >= 15 is 0 Å². The Hall–Kier alpha value is -1.61. The number of hydrogen-bond acceptors (Lipinski definition) is 2. The van der Waals surface area contributed by atoms with E-state index in [1.165, 1.54) is 141 Å². The van der Waals surface area contributed by atoms with Gasteiger partial charge in [0.2, 0.25) is 0 Å². The van der Waals surface area contributed by atoms with Gasteiger partial charge in [0.15, 0.2) is 0 Å². The van der Waals surface area contributed by atoms with Crippen molar-refractivity contribution in [3.8, 4) is 0 Å². The van der Waals surface area contributed by atoms with Gasteiger partial charge in [-0.2, -0.15) is 0 Å². The molecule has 1 rings (SSSR count). The molecule has 0 fully saturated rings. The lowest BCUT2D eigenvalue weighted by molar-refractivity contribution is 0.0333. The van der Waals surface area contributed by atoms with Gasteiger partial charge in [0.25, 0.3) is 0 Å². The molecular formula is C37H66N2O. The third kappa shape index (κ3) is 25.4.